The molecule has 1 aromatic rings. The number of nitrogens with zero attached hydrogens (tertiary/aromatic N) is 1. The molecular formula is C15H20N2O4. The Bertz CT molecular complexity index is 551. The highest BCUT2D eigenvalue weighted by Crippen LogP contribution is 2.31. The van der Waals surface area contributed by atoms with Gasteiger partial charge in [-0.05, 0) is 37.8 Å². The van der Waals surface area contributed by atoms with Crippen LogP contribution >= 0.6 is 0 Å². The fourth-order valence-corrected chi connectivity index (χ4v) is 2.73. The minimum Gasteiger partial charge on any atom is -0.477 e. The van der Waals surface area contributed by atoms with Crippen molar-refractivity contribution in [2.45, 2.75) is 45.6 Å². The number of aryl methyl sites for hydroxylation is 2. The molecule has 0 bridgehead atoms. The molecule has 2 rings (SSSR count). The van der Waals surface area contributed by atoms with Crippen molar-refractivity contribution in [2.24, 2.45) is 0 Å². The number of nitro benzene ring substituents is 1. The lowest BCUT2D eigenvalue weighted by atomic mass is 10.1. The zero-order valence-electron chi connectivity index (χ0n) is 12.3. The maximum Gasteiger partial charge on any atom is 0.311 e. The van der Waals surface area contributed by atoms with Gasteiger partial charge < -0.3 is 10.1 Å². The normalized spacial score (nSPS) is 15.0. The second kappa shape index (κ2) is 6.56. The van der Waals surface area contributed by atoms with Gasteiger partial charge in [0.05, 0.1) is 4.92 Å². The number of hydrogen-bond acceptors (Lipinski definition) is 4. The molecular weight excluding hydrogens is 272 g/mol. The van der Waals surface area contributed by atoms with Crippen molar-refractivity contribution in [3.8, 4) is 5.75 Å². The number of nitro groups is 1. The van der Waals surface area contributed by atoms with E-state index in [1.807, 2.05) is 0 Å². The Kier molecular flexibility index (Phi) is 4.77. The number of hydrogen-bond donors (Lipinski definition) is 1. The summed E-state index contributed by atoms with van der Waals surface area (Å²) in [6, 6.07) is 3.48. The van der Waals surface area contributed by atoms with Crippen LogP contribution in [0.3, 0.4) is 0 Å². The van der Waals surface area contributed by atoms with E-state index in [9.17, 15) is 14.9 Å². The first kappa shape index (κ1) is 15.3. The van der Waals surface area contributed by atoms with E-state index in [0.29, 0.717) is 5.56 Å². The summed E-state index contributed by atoms with van der Waals surface area (Å²) in [5.41, 5.74) is 1.36. The van der Waals surface area contributed by atoms with Gasteiger partial charge in [-0.25, -0.2) is 0 Å². The van der Waals surface area contributed by atoms with Crippen molar-refractivity contribution in [3.63, 3.8) is 0 Å². The summed E-state index contributed by atoms with van der Waals surface area (Å²) in [4.78, 5) is 22.4. The summed E-state index contributed by atoms with van der Waals surface area (Å²) in [5, 5.41) is 14.0. The highest BCUT2D eigenvalue weighted by atomic mass is 16.6. The molecule has 0 aromatic heterocycles. The Morgan fingerprint density at radius 1 is 1.38 bits per heavy atom. The molecule has 1 aliphatic rings. The molecule has 0 unspecified atom stereocenters. The first-order valence-corrected chi connectivity index (χ1v) is 7.15. The summed E-state index contributed by atoms with van der Waals surface area (Å²) in [5.74, 6) is -0.0525. The van der Waals surface area contributed by atoms with Crippen LogP contribution in [-0.2, 0) is 4.79 Å². The molecule has 0 aliphatic heterocycles. The summed E-state index contributed by atoms with van der Waals surface area (Å²) < 4.78 is 5.40. The van der Waals surface area contributed by atoms with Crippen molar-refractivity contribution in [1.82, 2.24) is 5.32 Å². The Morgan fingerprint density at radius 3 is 2.67 bits per heavy atom. The van der Waals surface area contributed by atoms with Crippen LogP contribution in [0.2, 0.25) is 0 Å². The first-order valence-electron chi connectivity index (χ1n) is 7.15. The summed E-state index contributed by atoms with van der Waals surface area (Å²) in [7, 11) is 0. The third-order valence-electron chi connectivity index (χ3n) is 3.66. The molecule has 1 saturated carbocycles. The first-order chi connectivity index (χ1) is 9.97. The number of nitrogens with one attached hydrogen (secondary N) is 1. The van der Waals surface area contributed by atoms with Gasteiger partial charge in [-0.2, -0.15) is 0 Å². The molecule has 1 fully saturated rings. The van der Waals surface area contributed by atoms with Gasteiger partial charge in [-0.3, -0.25) is 14.9 Å². The van der Waals surface area contributed by atoms with Crippen LogP contribution in [0.25, 0.3) is 0 Å². The maximum atomic E-state index is 11.8. The van der Waals surface area contributed by atoms with Crippen LogP contribution < -0.4 is 10.1 Å². The van der Waals surface area contributed by atoms with E-state index in [1.54, 1.807) is 19.9 Å². The largest absolute Gasteiger partial charge is 0.477 e. The lowest BCUT2D eigenvalue weighted by Crippen LogP contribution is -2.36. The lowest BCUT2D eigenvalue weighted by Gasteiger charge is -2.13. The van der Waals surface area contributed by atoms with E-state index in [0.717, 1.165) is 31.2 Å². The average Bonchev–Trinajstić information content (AvgIpc) is 2.89. The SMILES string of the molecule is Cc1cc(C)c(OCC(=O)NC2CCCC2)c([N+](=O)[O-])c1. The molecule has 0 atom stereocenters. The topological polar surface area (TPSA) is 81.5 Å². The molecule has 0 spiro atoms. The Hall–Kier alpha value is -2.11. The van der Waals surface area contributed by atoms with E-state index >= 15 is 0 Å². The van der Waals surface area contributed by atoms with Crippen molar-refractivity contribution in [2.75, 3.05) is 6.61 Å². The highest BCUT2D eigenvalue weighted by Gasteiger charge is 2.21. The zero-order chi connectivity index (χ0) is 15.4. The maximum absolute atomic E-state index is 11.8. The average molecular weight is 292 g/mol. The molecule has 0 heterocycles. The van der Waals surface area contributed by atoms with Crippen molar-refractivity contribution in [3.05, 3.63) is 33.4 Å². The molecule has 1 aliphatic carbocycles. The second-order valence-corrected chi connectivity index (χ2v) is 5.52. The number of carbonyl (C=O) groups is 1. The minimum atomic E-state index is -0.482. The third kappa shape index (κ3) is 3.93. The van der Waals surface area contributed by atoms with Crippen LogP contribution in [0.5, 0.6) is 5.75 Å². The highest BCUT2D eigenvalue weighted by molar-refractivity contribution is 5.78. The number of carbonyl (C=O) groups excluding carboxylic acids is 1. The van der Waals surface area contributed by atoms with E-state index in [1.165, 1.54) is 6.07 Å². The summed E-state index contributed by atoms with van der Waals surface area (Å²) in [6.07, 6.45) is 4.26. The van der Waals surface area contributed by atoms with Gasteiger partial charge in [0, 0.05) is 12.1 Å². The van der Waals surface area contributed by atoms with Crippen molar-refractivity contribution >= 4 is 11.6 Å². The number of rotatable bonds is 5. The van der Waals surface area contributed by atoms with Crippen molar-refractivity contribution in [1.29, 1.82) is 0 Å². The summed E-state index contributed by atoms with van der Waals surface area (Å²) >= 11 is 0. The van der Waals surface area contributed by atoms with E-state index in [4.69, 9.17) is 4.74 Å². The molecule has 114 valence electrons. The van der Waals surface area contributed by atoms with Crippen molar-refractivity contribution < 1.29 is 14.5 Å². The quantitative estimate of drug-likeness (QED) is 0.668. The third-order valence-corrected chi connectivity index (χ3v) is 3.66. The number of ether oxygens (including phenoxy) is 1. The van der Waals surface area contributed by atoms with Crippen LogP contribution in [0.4, 0.5) is 5.69 Å². The minimum absolute atomic E-state index is 0.0961. The Balaban J connectivity index is 2.02. The smallest absolute Gasteiger partial charge is 0.311 e. The van der Waals surface area contributed by atoms with Gasteiger partial charge in [-0.1, -0.05) is 18.9 Å². The molecule has 6 heteroatoms. The van der Waals surface area contributed by atoms with E-state index in [-0.39, 0.29) is 30.0 Å². The molecule has 0 radical (unpaired) electrons. The number of amides is 1. The number of benzene rings is 1. The molecule has 1 amide bonds. The second-order valence-electron chi connectivity index (χ2n) is 5.52. The van der Waals surface area contributed by atoms with Gasteiger partial charge >= 0.3 is 5.69 Å². The fourth-order valence-electron chi connectivity index (χ4n) is 2.73. The monoisotopic (exact) mass is 292 g/mol. The Labute approximate surface area is 123 Å². The van der Waals surface area contributed by atoms with Crippen LogP contribution in [0, 0.1) is 24.0 Å². The van der Waals surface area contributed by atoms with Crippen LogP contribution in [0.15, 0.2) is 12.1 Å². The zero-order valence-corrected chi connectivity index (χ0v) is 12.3. The predicted molar refractivity (Wildman–Crippen MR) is 78.5 cm³/mol. The van der Waals surface area contributed by atoms with Gasteiger partial charge in [0.1, 0.15) is 0 Å². The van der Waals surface area contributed by atoms with Gasteiger partial charge in [-0.15, -0.1) is 0 Å². The van der Waals surface area contributed by atoms with E-state index < -0.39 is 4.92 Å². The lowest BCUT2D eigenvalue weighted by molar-refractivity contribution is -0.385. The standard InChI is InChI=1S/C15H20N2O4/c1-10-7-11(2)15(13(8-10)17(19)20)21-9-14(18)16-12-5-3-4-6-12/h7-8,12H,3-6,9H2,1-2H3,(H,16,18). The Morgan fingerprint density at radius 2 is 2.05 bits per heavy atom. The van der Waals surface area contributed by atoms with Crippen LogP contribution in [0.1, 0.15) is 36.8 Å². The van der Waals surface area contributed by atoms with Gasteiger partial charge in [0.25, 0.3) is 5.91 Å². The van der Waals surface area contributed by atoms with Gasteiger partial charge in [0.15, 0.2) is 6.61 Å². The van der Waals surface area contributed by atoms with E-state index in [2.05, 4.69) is 5.32 Å². The fraction of sp³-hybridized carbons (Fsp3) is 0.533. The molecule has 0 saturated heterocycles. The van der Waals surface area contributed by atoms with Crippen LogP contribution in [-0.4, -0.2) is 23.5 Å². The molecule has 1 aromatic carbocycles. The molecule has 21 heavy (non-hydrogen) atoms. The predicted octanol–water partition coefficient (Wildman–Crippen LogP) is 2.65. The van der Waals surface area contributed by atoms with Gasteiger partial charge in [0.2, 0.25) is 5.75 Å². The summed E-state index contributed by atoms with van der Waals surface area (Å²) in [6.45, 7) is 3.34. The molecule has 1 N–H and O–H groups in total. The molecule has 6 nitrogen and oxygen atoms in total.